The molecule has 0 heterocycles. The van der Waals surface area contributed by atoms with E-state index < -0.39 is 12.0 Å². The topological polar surface area (TPSA) is 119 Å². The average molecular weight is 747 g/mol. The third-order valence-corrected chi connectivity index (χ3v) is 10.3. The Bertz CT molecular complexity index is 889. The molecule has 2 atom stereocenters. The number of rotatable bonds is 41. The van der Waals surface area contributed by atoms with Crippen LogP contribution in [0.4, 0.5) is 0 Å². The summed E-state index contributed by atoms with van der Waals surface area (Å²) in [7, 11) is 0. The van der Waals surface area contributed by atoms with Gasteiger partial charge < -0.3 is 20.9 Å². The first kappa shape index (κ1) is 50.9. The lowest BCUT2D eigenvalue weighted by molar-refractivity contribution is -0.147. The van der Waals surface area contributed by atoms with Crippen LogP contribution in [0, 0.1) is 0 Å². The molecule has 4 N–H and O–H groups in total. The van der Waals surface area contributed by atoms with Crippen LogP contribution in [0.2, 0.25) is 0 Å². The van der Waals surface area contributed by atoms with Gasteiger partial charge in [-0.05, 0) is 64.0 Å². The smallest absolute Gasteiger partial charge is 0.326 e. The molecule has 0 rings (SSSR count). The maximum Gasteiger partial charge on any atom is 0.326 e. The van der Waals surface area contributed by atoms with Crippen LogP contribution < -0.4 is 11.1 Å². The number of carboxylic acid groups (broad SMARTS) is 1. The highest BCUT2D eigenvalue weighted by Gasteiger charge is 2.19. The number of carboxylic acids is 1. The molecule has 0 aromatic carbocycles. The van der Waals surface area contributed by atoms with Crippen molar-refractivity contribution >= 4 is 17.8 Å². The van der Waals surface area contributed by atoms with Gasteiger partial charge in [-0.25, -0.2) is 4.79 Å². The van der Waals surface area contributed by atoms with Crippen molar-refractivity contribution in [1.82, 2.24) is 5.32 Å². The summed E-state index contributed by atoms with van der Waals surface area (Å²) in [4.78, 5) is 36.3. The predicted octanol–water partition coefficient (Wildman–Crippen LogP) is 12.8. The Morgan fingerprint density at radius 3 is 1.53 bits per heavy atom. The number of allylic oxidation sites excluding steroid dienone is 3. The molecule has 0 aromatic rings. The second-order valence-electron chi connectivity index (χ2n) is 15.5. The summed E-state index contributed by atoms with van der Waals surface area (Å²) in [5.74, 6) is -1.34. The number of carbonyl (C=O) groups is 3. The number of amides is 1. The van der Waals surface area contributed by atoms with E-state index in [-0.39, 0.29) is 18.0 Å². The molecule has 53 heavy (non-hydrogen) atoms. The van der Waals surface area contributed by atoms with Gasteiger partial charge in [-0.2, -0.15) is 0 Å². The van der Waals surface area contributed by atoms with E-state index in [0.717, 1.165) is 51.4 Å². The third-order valence-electron chi connectivity index (χ3n) is 10.3. The summed E-state index contributed by atoms with van der Waals surface area (Å²) >= 11 is 0. The van der Waals surface area contributed by atoms with Gasteiger partial charge >= 0.3 is 11.9 Å². The minimum Gasteiger partial charge on any atom is -0.480 e. The second-order valence-corrected chi connectivity index (χ2v) is 15.5. The zero-order valence-electron chi connectivity index (χ0n) is 34.9. The fourth-order valence-electron chi connectivity index (χ4n) is 6.80. The number of nitrogens with one attached hydrogen (secondary N) is 1. The lowest BCUT2D eigenvalue weighted by atomic mass is 10.0. The molecule has 0 aliphatic carbocycles. The van der Waals surface area contributed by atoms with Crippen LogP contribution in [0.1, 0.15) is 232 Å². The molecule has 0 radical (unpaired) electrons. The van der Waals surface area contributed by atoms with Crippen LogP contribution in [0.3, 0.4) is 0 Å². The van der Waals surface area contributed by atoms with Crippen LogP contribution in [0.15, 0.2) is 24.3 Å². The van der Waals surface area contributed by atoms with Gasteiger partial charge in [-0.15, -0.1) is 0 Å². The van der Waals surface area contributed by atoms with E-state index in [1.54, 1.807) is 0 Å². The number of esters is 1. The summed E-state index contributed by atoms with van der Waals surface area (Å²) in [6.45, 7) is 4.89. The quantitative estimate of drug-likeness (QED) is 0.0325. The number of carbonyl (C=O) groups excluding carboxylic acids is 2. The number of hydrogen-bond acceptors (Lipinski definition) is 5. The highest BCUT2D eigenvalue weighted by Crippen LogP contribution is 2.17. The SMILES string of the molecule is CCCC/C=C\C/C=C\C(CCCCCCC(=O)NC(CCCN)C(=O)O)OC(=O)CCCCCCCCCCCCCCCCCCCCCCC. The fourth-order valence-corrected chi connectivity index (χ4v) is 6.80. The monoisotopic (exact) mass is 747 g/mol. The summed E-state index contributed by atoms with van der Waals surface area (Å²) in [5, 5.41) is 11.9. The summed E-state index contributed by atoms with van der Waals surface area (Å²) in [6.07, 6.45) is 46.9. The highest BCUT2D eigenvalue weighted by atomic mass is 16.5. The second kappa shape index (κ2) is 41.0. The van der Waals surface area contributed by atoms with Gasteiger partial charge in [0, 0.05) is 12.8 Å². The van der Waals surface area contributed by atoms with E-state index in [1.807, 2.05) is 6.08 Å². The molecule has 7 nitrogen and oxygen atoms in total. The van der Waals surface area contributed by atoms with Crippen molar-refractivity contribution in [2.24, 2.45) is 5.73 Å². The molecule has 7 heteroatoms. The normalized spacial score (nSPS) is 12.8. The molecular weight excluding hydrogens is 661 g/mol. The number of aliphatic carboxylic acids is 1. The Labute approximate surface area is 327 Å². The van der Waals surface area contributed by atoms with E-state index in [2.05, 4.69) is 37.4 Å². The highest BCUT2D eigenvalue weighted by molar-refractivity contribution is 5.83. The zero-order chi connectivity index (χ0) is 38.9. The molecule has 1 amide bonds. The van der Waals surface area contributed by atoms with Gasteiger partial charge in [0.1, 0.15) is 12.1 Å². The number of ether oxygens (including phenoxy) is 1. The minimum absolute atomic E-state index is 0.102. The van der Waals surface area contributed by atoms with Gasteiger partial charge in [0.15, 0.2) is 0 Å². The van der Waals surface area contributed by atoms with Crippen LogP contribution >= 0.6 is 0 Å². The van der Waals surface area contributed by atoms with Crippen molar-refractivity contribution in [3.63, 3.8) is 0 Å². The molecule has 2 unspecified atom stereocenters. The Balaban J connectivity index is 4.07. The van der Waals surface area contributed by atoms with E-state index in [1.165, 1.54) is 135 Å². The molecule has 0 aliphatic heterocycles. The van der Waals surface area contributed by atoms with Crippen molar-refractivity contribution in [1.29, 1.82) is 0 Å². The standard InChI is InChI=1S/C46H86N2O5/c1-3-5-7-9-11-12-13-14-15-16-17-18-19-20-21-22-23-24-26-28-34-40-45(50)53-42(36-31-27-25-10-8-6-4-2)37-32-29-30-33-39-44(49)48-43(46(51)52)38-35-41-47/h10,25,31,36,42-43H,3-9,11-24,26-30,32-35,37-41,47H2,1-2H3,(H,48,49)(H,51,52)/b25-10-,36-31-. The first-order chi connectivity index (χ1) is 25.9. The maximum absolute atomic E-state index is 12.7. The molecule has 310 valence electrons. The van der Waals surface area contributed by atoms with E-state index in [9.17, 15) is 19.5 Å². The van der Waals surface area contributed by atoms with Gasteiger partial charge in [-0.1, -0.05) is 186 Å². The fraction of sp³-hybridized carbons (Fsp3) is 0.848. The third kappa shape index (κ3) is 37.9. The summed E-state index contributed by atoms with van der Waals surface area (Å²) in [6, 6.07) is -0.872. The molecule has 0 bridgehead atoms. The van der Waals surface area contributed by atoms with Crippen molar-refractivity contribution in [2.75, 3.05) is 6.54 Å². The molecular formula is C46H86N2O5. The Hall–Kier alpha value is -2.15. The molecule has 0 fully saturated rings. The predicted molar refractivity (Wildman–Crippen MR) is 225 cm³/mol. The average Bonchev–Trinajstić information content (AvgIpc) is 3.14. The molecule has 0 spiro atoms. The van der Waals surface area contributed by atoms with Gasteiger partial charge in [0.2, 0.25) is 5.91 Å². The summed E-state index contributed by atoms with van der Waals surface area (Å²) in [5.41, 5.74) is 5.48. The van der Waals surface area contributed by atoms with E-state index in [0.29, 0.717) is 38.6 Å². The van der Waals surface area contributed by atoms with Crippen LogP contribution in [-0.4, -0.2) is 41.6 Å². The number of nitrogens with two attached hydrogens (primary N) is 1. The number of hydrogen-bond donors (Lipinski definition) is 3. The van der Waals surface area contributed by atoms with Crippen molar-refractivity contribution < 1.29 is 24.2 Å². The van der Waals surface area contributed by atoms with Crippen LogP contribution in [0.5, 0.6) is 0 Å². The minimum atomic E-state index is -1.02. The molecule has 0 saturated heterocycles. The molecule has 0 aliphatic rings. The van der Waals surface area contributed by atoms with Gasteiger partial charge in [0.25, 0.3) is 0 Å². The van der Waals surface area contributed by atoms with Gasteiger partial charge in [0.05, 0.1) is 0 Å². The lowest BCUT2D eigenvalue weighted by Gasteiger charge is -2.15. The maximum atomic E-state index is 12.7. The van der Waals surface area contributed by atoms with Crippen LogP contribution in [0.25, 0.3) is 0 Å². The van der Waals surface area contributed by atoms with Crippen molar-refractivity contribution in [3.05, 3.63) is 24.3 Å². The zero-order valence-corrected chi connectivity index (χ0v) is 34.9. The number of unbranched alkanes of at least 4 members (excludes halogenated alkanes) is 25. The van der Waals surface area contributed by atoms with E-state index in [4.69, 9.17) is 10.5 Å². The van der Waals surface area contributed by atoms with Crippen LogP contribution in [-0.2, 0) is 19.1 Å². The van der Waals surface area contributed by atoms with Crippen molar-refractivity contribution in [2.45, 2.75) is 244 Å². The van der Waals surface area contributed by atoms with Gasteiger partial charge in [-0.3, -0.25) is 9.59 Å². The molecule has 0 saturated carbocycles. The Kier molecular flexibility index (Phi) is 39.4. The van der Waals surface area contributed by atoms with E-state index >= 15 is 0 Å². The first-order valence-electron chi connectivity index (χ1n) is 22.7. The Morgan fingerprint density at radius 1 is 0.566 bits per heavy atom. The first-order valence-corrected chi connectivity index (χ1v) is 22.7. The Morgan fingerprint density at radius 2 is 1.04 bits per heavy atom. The lowest BCUT2D eigenvalue weighted by Crippen LogP contribution is -2.40. The largest absolute Gasteiger partial charge is 0.480 e. The van der Waals surface area contributed by atoms with Crippen molar-refractivity contribution in [3.8, 4) is 0 Å². The molecule has 0 aromatic heterocycles. The summed E-state index contributed by atoms with van der Waals surface area (Å²) < 4.78 is 5.90.